The normalized spacial score (nSPS) is 20.1. The van der Waals surface area contributed by atoms with Crippen molar-refractivity contribution in [1.29, 1.82) is 0 Å². The van der Waals surface area contributed by atoms with Gasteiger partial charge < -0.3 is 5.73 Å². The van der Waals surface area contributed by atoms with Crippen molar-refractivity contribution < 1.29 is 4.39 Å². The summed E-state index contributed by atoms with van der Waals surface area (Å²) in [7, 11) is 0. The van der Waals surface area contributed by atoms with Crippen molar-refractivity contribution in [2.45, 2.75) is 38.1 Å². The number of nitrogens with two attached hydrogens (primary N) is 1. The highest BCUT2D eigenvalue weighted by molar-refractivity contribution is 9.10. The number of hydrogen-bond acceptors (Lipinski definition) is 1. The summed E-state index contributed by atoms with van der Waals surface area (Å²) in [5, 5.41) is 0. The molecule has 1 unspecified atom stereocenters. The van der Waals surface area contributed by atoms with E-state index in [1.165, 1.54) is 0 Å². The topological polar surface area (TPSA) is 26.0 Å². The second kappa shape index (κ2) is 3.56. The van der Waals surface area contributed by atoms with E-state index in [1.54, 1.807) is 13.0 Å². The summed E-state index contributed by atoms with van der Waals surface area (Å²) in [6, 6.07) is 3.69. The van der Waals surface area contributed by atoms with Crippen molar-refractivity contribution in [3.05, 3.63) is 33.5 Å². The quantitative estimate of drug-likeness (QED) is 0.878. The zero-order chi connectivity index (χ0) is 11.2. The van der Waals surface area contributed by atoms with Crippen LogP contribution in [0.5, 0.6) is 0 Å². The van der Waals surface area contributed by atoms with Gasteiger partial charge in [-0.3, -0.25) is 0 Å². The molecule has 82 valence electrons. The van der Waals surface area contributed by atoms with E-state index in [2.05, 4.69) is 15.9 Å². The Morgan fingerprint density at radius 2 is 2.07 bits per heavy atom. The first-order chi connectivity index (χ1) is 6.97. The number of aryl methyl sites for hydroxylation is 1. The van der Waals surface area contributed by atoms with Crippen molar-refractivity contribution in [1.82, 2.24) is 0 Å². The molecule has 1 atom stereocenters. The third kappa shape index (κ3) is 1.72. The van der Waals surface area contributed by atoms with Gasteiger partial charge in [0.1, 0.15) is 5.82 Å². The Morgan fingerprint density at radius 3 is 2.53 bits per heavy atom. The molecule has 1 aliphatic rings. The Labute approximate surface area is 98.0 Å². The molecular weight excluding hydrogens is 257 g/mol. The van der Waals surface area contributed by atoms with Crippen molar-refractivity contribution in [3.63, 3.8) is 0 Å². The molecule has 0 radical (unpaired) electrons. The monoisotopic (exact) mass is 271 g/mol. The highest BCUT2D eigenvalue weighted by Crippen LogP contribution is 2.51. The molecule has 0 aliphatic heterocycles. The van der Waals surface area contributed by atoms with Crippen molar-refractivity contribution in [3.8, 4) is 0 Å². The Kier molecular flexibility index (Phi) is 2.63. The van der Waals surface area contributed by atoms with Gasteiger partial charge in [0.15, 0.2) is 0 Å². The summed E-state index contributed by atoms with van der Waals surface area (Å²) in [5.41, 5.74) is 7.31. The standard InChI is InChI=1S/C12H15BrFN/c1-7-5-9(13)6-10(11(7)14)12(3-4-12)8(2)15/h5-6,8H,3-4,15H2,1-2H3. The fourth-order valence-electron chi connectivity index (χ4n) is 2.19. The minimum Gasteiger partial charge on any atom is -0.327 e. The van der Waals surface area contributed by atoms with Crippen LogP contribution in [0.3, 0.4) is 0 Å². The number of rotatable bonds is 2. The molecule has 1 aromatic rings. The molecule has 1 fully saturated rings. The van der Waals surface area contributed by atoms with Crippen LogP contribution in [0.1, 0.15) is 30.9 Å². The van der Waals surface area contributed by atoms with Gasteiger partial charge in [-0.1, -0.05) is 15.9 Å². The summed E-state index contributed by atoms with van der Waals surface area (Å²) >= 11 is 3.41. The average Bonchev–Trinajstić information content (AvgIpc) is 2.91. The molecule has 0 bridgehead atoms. The lowest BCUT2D eigenvalue weighted by Gasteiger charge is -2.21. The first-order valence-corrected chi connectivity index (χ1v) is 5.98. The van der Waals surface area contributed by atoms with E-state index in [0.29, 0.717) is 5.56 Å². The third-order valence-corrected chi connectivity index (χ3v) is 3.87. The lowest BCUT2D eigenvalue weighted by Crippen LogP contribution is -2.32. The minimum atomic E-state index is -0.112. The van der Waals surface area contributed by atoms with Gasteiger partial charge in [0.05, 0.1) is 0 Å². The lowest BCUT2D eigenvalue weighted by atomic mass is 9.88. The van der Waals surface area contributed by atoms with E-state index in [9.17, 15) is 4.39 Å². The van der Waals surface area contributed by atoms with Crippen LogP contribution in [-0.2, 0) is 5.41 Å². The molecule has 1 aliphatic carbocycles. The lowest BCUT2D eigenvalue weighted by molar-refractivity contribution is 0.508. The molecule has 0 heterocycles. The highest BCUT2D eigenvalue weighted by Gasteiger charge is 2.49. The smallest absolute Gasteiger partial charge is 0.130 e. The molecule has 2 rings (SSSR count). The maximum absolute atomic E-state index is 14.0. The van der Waals surface area contributed by atoms with E-state index in [-0.39, 0.29) is 17.3 Å². The first-order valence-electron chi connectivity index (χ1n) is 5.19. The van der Waals surface area contributed by atoms with Crippen molar-refractivity contribution >= 4 is 15.9 Å². The van der Waals surface area contributed by atoms with E-state index >= 15 is 0 Å². The largest absolute Gasteiger partial charge is 0.327 e. The molecule has 2 N–H and O–H groups in total. The molecule has 1 nitrogen and oxygen atoms in total. The fraction of sp³-hybridized carbons (Fsp3) is 0.500. The molecule has 1 aromatic carbocycles. The molecule has 0 saturated heterocycles. The Hall–Kier alpha value is -0.410. The highest BCUT2D eigenvalue weighted by atomic mass is 79.9. The van der Waals surface area contributed by atoms with Crippen molar-refractivity contribution in [2.75, 3.05) is 0 Å². The van der Waals surface area contributed by atoms with Crippen molar-refractivity contribution in [2.24, 2.45) is 5.73 Å². The third-order valence-electron chi connectivity index (χ3n) is 3.42. The van der Waals surface area contributed by atoms with Crippen LogP contribution in [0.25, 0.3) is 0 Å². The summed E-state index contributed by atoms with van der Waals surface area (Å²) in [6.07, 6.45) is 2.00. The number of hydrogen-bond donors (Lipinski definition) is 1. The number of halogens is 2. The van der Waals surface area contributed by atoms with Gasteiger partial charge in [-0.25, -0.2) is 4.39 Å². The van der Waals surface area contributed by atoms with Crippen LogP contribution in [0, 0.1) is 12.7 Å². The zero-order valence-corrected chi connectivity index (χ0v) is 10.6. The molecular formula is C12H15BrFN. The van der Waals surface area contributed by atoms with Crippen LogP contribution in [0.4, 0.5) is 4.39 Å². The van der Waals surface area contributed by atoms with Gasteiger partial charge in [0.2, 0.25) is 0 Å². The van der Waals surface area contributed by atoms with E-state index in [0.717, 1.165) is 22.9 Å². The van der Waals surface area contributed by atoms with Gasteiger partial charge in [-0.15, -0.1) is 0 Å². The molecule has 1 saturated carbocycles. The second-order valence-corrected chi connectivity index (χ2v) is 5.44. The molecule has 15 heavy (non-hydrogen) atoms. The Balaban J connectivity index is 2.53. The SMILES string of the molecule is Cc1cc(Br)cc(C2(C(C)N)CC2)c1F. The maximum atomic E-state index is 14.0. The number of benzene rings is 1. The van der Waals surface area contributed by atoms with Crippen LogP contribution >= 0.6 is 15.9 Å². The summed E-state index contributed by atoms with van der Waals surface area (Å²) in [4.78, 5) is 0. The van der Waals surface area contributed by atoms with Gasteiger partial charge >= 0.3 is 0 Å². The van der Waals surface area contributed by atoms with Gasteiger partial charge in [-0.05, 0) is 49.9 Å². The minimum absolute atomic E-state index is 0.0145. The van der Waals surface area contributed by atoms with Crippen LogP contribution < -0.4 is 5.73 Å². The Bertz CT molecular complexity index is 397. The zero-order valence-electron chi connectivity index (χ0n) is 8.98. The van der Waals surface area contributed by atoms with E-state index < -0.39 is 0 Å². The Morgan fingerprint density at radius 1 is 1.47 bits per heavy atom. The van der Waals surface area contributed by atoms with Crippen LogP contribution in [0.15, 0.2) is 16.6 Å². The van der Waals surface area contributed by atoms with Gasteiger partial charge in [0, 0.05) is 15.9 Å². The summed E-state index contributed by atoms with van der Waals surface area (Å²) < 4.78 is 14.9. The molecule has 0 amide bonds. The summed E-state index contributed by atoms with van der Waals surface area (Å²) in [6.45, 7) is 3.75. The van der Waals surface area contributed by atoms with E-state index in [4.69, 9.17) is 5.73 Å². The molecule has 0 spiro atoms. The molecule has 3 heteroatoms. The van der Waals surface area contributed by atoms with Crippen LogP contribution in [0.2, 0.25) is 0 Å². The molecule has 0 aromatic heterocycles. The first kappa shape index (κ1) is 11.1. The van der Waals surface area contributed by atoms with E-state index in [1.807, 2.05) is 13.0 Å². The summed E-state index contributed by atoms with van der Waals surface area (Å²) in [5.74, 6) is -0.0898. The van der Waals surface area contributed by atoms with Gasteiger partial charge in [0.25, 0.3) is 0 Å². The van der Waals surface area contributed by atoms with Gasteiger partial charge in [-0.2, -0.15) is 0 Å². The average molecular weight is 272 g/mol. The maximum Gasteiger partial charge on any atom is 0.130 e. The fourth-order valence-corrected chi connectivity index (χ4v) is 2.76. The predicted molar refractivity (Wildman–Crippen MR) is 63.4 cm³/mol. The predicted octanol–water partition coefficient (Wildman–Crippen LogP) is 3.28. The van der Waals surface area contributed by atoms with Crippen LogP contribution in [-0.4, -0.2) is 6.04 Å². The second-order valence-electron chi connectivity index (χ2n) is 4.53.